The molecule has 0 aromatic heterocycles. The number of rotatable bonds is 4. The van der Waals surface area contributed by atoms with Crippen molar-refractivity contribution < 1.29 is 14.3 Å². The van der Waals surface area contributed by atoms with Crippen molar-refractivity contribution in [2.75, 3.05) is 11.9 Å². The molecule has 0 saturated heterocycles. The summed E-state index contributed by atoms with van der Waals surface area (Å²) in [6.45, 7) is -0.369. The van der Waals surface area contributed by atoms with Gasteiger partial charge in [0.1, 0.15) is 0 Å². The fourth-order valence-electron chi connectivity index (χ4n) is 3.13. The maximum absolute atomic E-state index is 12.1. The number of esters is 1. The third kappa shape index (κ3) is 3.65. The maximum Gasteiger partial charge on any atom is 0.310 e. The minimum atomic E-state index is -0.497. The van der Waals surface area contributed by atoms with E-state index >= 15 is 0 Å². The zero-order chi connectivity index (χ0) is 16.6. The van der Waals surface area contributed by atoms with Gasteiger partial charge in [0.2, 0.25) is 0 Å². The largest absolute Gasteiger partial charge is 0.455 e. The number of hydrogen-bond donors (Lipinski definition) is 1. The van der Waals surface area contributed by atoms with Crippen LogP contribution >= 0.6 is 34.8 Å². The first-order valence-electron chi connectivity index (χ1n) is 7.23. The Labute approximate surface area is 148 Å². The molecular weight excluding hydrogens is 361 g/mol. The topological polar surface area (TPSA) is 55.4 Å². The molecule has 23 heavy (non-hydrogen) atoms. The minimum Gasteiger partial charge on any atom is -0.455 e. The van der Waals surface area contributed by atoms with Gasteiger partial charge < -0.3 is 10.1 Å². The molecule has 1 aromatic carbocycles. The summed E-state index contributed by atoms with van der Waals surface area (Å²) in [5, 5.41) is 3.35. The van der Waals surface area contributed by atoms with Crippen LogP contribution in [0.3, 0.4) is 0 Å². The van der Waals surface area contributed by atoms with Crippen molar-refractivity contribution in [2.45, 2.75) is 12.8 Å². The van der Waals surface area contributed by atoms with Crippen LogP contribution in [0, 0.1) is 17.8 Å². The van der Waals surface area contributed by atoms with Gasteiger partial charge >= 0.3 is 5.97 Å². The maximum atomic E-state index is 12.1. The van der Waals surface area contributed by atoms with Crippen molar-refractivity contribution >= 4 is 52.4 Å². The highest BCUT2D eigenvalue weighted by atomic mass is 35.5. The van der Waals surface area contributed by atoms with Crippen LogP contribution in [-0.4, -0.2) is 18.5 Å². The number of carbonyl (C=O) groups excluding carboxylic acids is 2. The molecule has 3 rings (SSSR count). The van der Waals surface area contributed by atoms with E-state index in [2.05, 4.69) is 17.5 Å². The second kappa shape index (κ2) is 6.71. The predicted octanol–water partition coefficient (Wildman–Crippen LogP) is 4.34. The number of allylic oxidation sites excluding steroid dienone is 2. The fraction of sp³-hybridized carbons (Fsp3) is 0.375. The van der Waals surface area contributed by atoms with Gasteiger partial charge in [-0.25, -0.2) is 0 Å². The van der Waals surface area contributed by atoms with Crippen LogP contribution in [0.1, 0.15) is 12.8 Å². The van der Waals surface area contributed by atoms with Gasteiger partial charge in [0.05, 0.1) is 21.7 Å². The average molecular weight is 375 g/mol. The lowest BCUT2D eigenvalue weighted by Crippen LogP contribution is -2.26. The van der Waals surface area contributed by atoms with Crippen LogP contribution in [0.25, 0.3) is 0 Å². The molecular formula is C16H14Cl3NO3. The Balaban J connectivity index is 1.54. The molecule has 7 heteroatoms. The Morgan fingerprint density at radius 1 is 1.13 bits per heavy atom. The molecule has 3 unspecified atom stereocenters. The second-order valence-electron chi connectivity index (χ2n) is 5.79. The predicted molar refractivity (Wildman–Crippen MR) is 89.9 cm³/mol. The van der Waals surface area contributed by atoms with Crippen LogP contribution in [0.5, 0.6) is 0 Å². The molecule has 0 spiro atoms. The van der Waals surface area contributed by atoms with Crippen LogP contribution < -0.4 is 5.32 Å². The summed E-state index contributed by atoms with van der Waals surface area (Å²) in [6, 6.07) is 2.94. The van der Waals surface area contributed by atoms with E-state index in [9.17, 15) is 9.59 Å². The summed E-state index contributed by atoms with van der Waals surface area (Å²) in [4.78, 5) is 24.0. The molecule has 2 bridgehead atoms. The highest BCUT2D eigenvalue weighted by molar-refractivity contribution is 6.42. The monoisotopic (exact) mass is 373 g/mol. The summed E-state index contributed by atoms with van der Waals surface area (Å²) < 4.78 is 5.12. The van der Waals surface area contributed by atoms with E-state index in [4.69, 9.17) is 39.5 Å². The van der Waals surface area contributed by atoms with E-state index in [-0.39, 0.29) is 40.1 Å². The van der Waals surface area contributed by atoms with Crippen molar-refractivity contribution in [3.8, 4) is 0 Å². The lowest BCUT2D eigenvalue weighted by atomic mass is 9.94. The summed E-state index contributed by atoms with van der Waals surface area (Å²) in [6.07, 6.45) is 6.01. The minimum absolute atomic E-state index is 0.138. The Kier molecular flexibility index (Phi) is 4.85. The molecule has 2 aliphatic rings. The van der Waals surface area contributed by atoms with Crippen LogP contribution in [-0.2, 0) is 14.3 Å². The fourth-order valence-corrected chi connectivity index (χ4v) is 4.04. The van der Waals surface area contributed by atoms with E-state index in [1.807, 2.05) is 0 Å². The molecule has 1 saturated carbocycles. The number of ether oxygens (including phenoxy) is 1. The lowest BCUT2D eigenvalue weighted by Gasteiger charge is -2.16. The van der Waals surface area contributed by atoms with Crippen molar-refractivity contribution in [3.05, 3.63) is 39.4 Å². The number of benzene rings is 1. The number of hydrogen-bond acceptors (Lipinski definition) is 3. The van der Waals surface area contributed by atoms with Crippen LogP contribution in [0.4, 0.5) is 5.69 Å². The van der Waals surface area contributed by atoms with Crippen molar-refractivity contribution in [1.82, 2.24) is 0 Å². The molecule has 1 aromatic rings. The number of halogens is 3. The molecule has 122 valence electrons. The quantitative estimate of drug-likeness (QED) is 0.630. The van der Waals surface area contributed by atoms with Gasteiger partial charge in [-0.15, -0.1) is 0 Å². The Morgan fingerprint density at radius 2 is 1.83 bits per heavy atom. The zero-order valence-electron chi connectivity index (χ0n) is 12.0. The second-order valence-corrected chi connectivity index (χ2v) is 7.04. The molecule has 1 N–H and O–H groups in total. The molecule has 1 amide bonds. The normalized spacial score (nSPS) is 24.7. The number of nitrogens with one attached hydrogen (secondary N) is 1. The van der Waals surface area contributed by atoms with E-state index in [0.717, 1.165) is 12.8 Å². The van der Waals surface area contributed by atoms with Gasteiger partial charge in [0.25, 0.3) is 5.91 Å². The SMILES string of the molecule is O=C(COC(=O)C1CC2C=CC1C2)Nc1c(Cl)cc(Cl)cc1Cl. The van der Waals surface area contributed by atoms with Gasteiger partial charge in [-0.1, -0.05) is 47.0 Å². The first kappa shape index (κ1) is 16.6. The Bertz CT molecular complexity index is 666. The third-order valence-electron chi connectivity index (χ3n) is 4.20. The lowest BCUT2D eigenvalue weighted by molar-refractivity contribution is -0.152. The number of fused-ring (bicyclic) bond motifs is 2. The smallest absolute Gasteiger partial charge is 0.310 e. The summed E-state index contributed by atoms with van der Waals surface area (Å²) in [5.41, 5.74) is 0.252. The molecule has 2 aliphatic carbocycles. The number of amides is 1. The first-order valence-corrected chi connectivity index (χ1v) is 8.37. The molecule has 0 radical (unpaired) electrons. The summed E-state index contributed by atoms with van der Waals surface area (Å²) in [7, 11) is 0. The van der Waals surface area contributed by atoms with E-state index in [1.54, 1.807) is 0 Å². The van der Waals surface area contributed by atoms with Gasteiger partial charge in [0.15, 0.2) is 6.61 Å². The molecule has 4 nitrogen and oxygen atoms in total. The van der Waals surface area contributed by atoms with Crippen molar-refractivity contribution in [1.29, 1.82) is 0 Å². The van der Waals surface area contributed by atoms with E-state index in [0.29, 0.717) is 10.9 Å². The average Bonchev–Trinajstić information content (AvgIpc) is 3.11. The summed E-state index contributed by atoms with van der Waals surface area (Å²) >= 11 is 17.8. The highest BCUT2D eigenvalue weighted by Crippen LogP contribution is 2.43. The Morgan fingerprint density at radius 3 is 2.39 bits per heavy atom. The molecule has 0 aliphatic heterocycles. The molecule has 1 fully saturated rings. The highest BCUT2D eigenvalue weighted by Gasteiger charge is 2.40. The number of anilines is 1. The van der Waals surface area contributed by atoms with Gasteiger partial charge in [-0.2, -0.15) is 0 Å². The van der Waals surface area contributed by atoms with Crippen LogP contribution in [0.15, 0.2) is 24.3 Å². The van der Waals surface area contributed by atoms with E-state index < -0.39 is 5.91 Å². The summed E-state index contributed by atoms with van der Waals surface area (Å²) in [5.74, 6) is -0.247. The third-order valence-corrected chi connectivity index (χ3v) is 5.01. The van der Waals surface area contributed by atoms with Gasteiger partial charge in [0, 0.05) is 5.02 Å². The van der Waals surface area contributed by atoms with Crippen LogP contribution in [0.2, 0.25) is 15.1 Å². The Hall–Kier alpha value is -1.23. The van der Waals surface area contributed by atoms with Gasteiger partial charge in [-0.05, 0) is 36.8 Å². The standard InChI is InChI=1S/C16H14Cl3NO3/c17-10-5-12(18)15(13(19)6-10)20-14(21)7-23-16(22)11-4-8-1-2-9(11)3-8/h1-2,5-6,8-9,11H,3-4,7H2,(H,20,21). The van der Waals surface area contributed by atoms with E-state index in [1.165, 1.54) is 12.1 Å². The molecule has 3 atom stereocenters. The number of carbonyl (C=O) groups is 2. The van der Waals surface area contributed by atoms with Crippen molar-refractivity contribution in [3.63, 3.8) is 0 Å². The zero-order valence-corrected chi connectivity index (χ0v) is 14.3. The first-order chi connectivity index (χ1) is 10.9. The van der Waals surface area contributed by atoms with Crippen molar-refractivity contribution in [2.24, 2.45) is 17.8 Å². The molecule has 0 heterocycles. The van der Waals surface area contributed by atoms with Gasteiger partial charge in [-0.3, -0.25) is 9.59 Å².